The van der Waals surface area contributed by atoms with Crippen molar-refractivity contribution in [3.05, 3.63) is 76.7 Å². The fourth-order valence-corrected chi connectivity index (χ4v) is 2.37. The van der Waals surface area contributed by atoms with Crippen LogP contribution < -0.4 is 10.6 Å². The highest BCUT2D eigenvalue weighted by atomic mass is 35.5. The Morgan fingerprint density at radius 1 is 0.923 bits per heavy atom. The number of benzene rings is 2. The van der Waals surface area contributed by atoms with Crippen molar-refractivity contribution in [1.82, 2.24) is 9.97 Å². The Hall–Kier alpha value is -2.80. The average molecular weight is 379 g/mol. The number of nitrogens with one attached hydrogen (secondary N) is 2. The Bertz CT molecular complexity index is 903. The predicted octanol–water partition coefficient (Wildman–Crippen LogP) is 4.95. The van der Waals surface area contributed by atoms with Crippen molar-refractivity contribution >= 4 is 29.1 Å². The molecule has 0 radical (unpaired) electrons. The molecule has 1 heterocycles. The van der Waals surface area contributed by atoms with E-state index < -0.39 is 17.5 Å². The van der Waals surface area contributed by atoms with Crippen LogP contribution in [-0.2, 0) is 6.42 Å². The van der Waals surface area contributed by atoms with Crippen molar-refractivity contribution < 1.29 is 13.2 Å². The number of aromatic nitrogens is 2. The molecule has 4 nitrogen and oxygen atoms in total. The van der Waals surface area contributed by atoms with Gasteiger partial charge in [-0.1, -0.05) is 23.7 Å². The first kappa shape index (κ1) is 18.0. The van der Waals surface area contributed by atoms with Gasteiger partial charge < -0.3 is 10.6 Å². The zero-order valence-corrected chi connectivity index (χ0v) is 14.2. The van der Waals surface area contributed by atoms with Crippen LogP contribution in [0, 0.1) is 17.5 Å². The molecule has 0 atom stereocenters. The van der Waals surface area contributed by atoms with Crippen LogP contribution in [0.25, 0.3) is 0 Å². The molecule has 26 heavy (non-hydrogen) atoms. The van der Waals surface area contributed by atoms with Crippen LogP contribution in [0.15, 0.2) is 48.7 Å². The number of anilines is 3. The first-order chi connectivity index (χ1) is 12.5. The lowest BCUT2D eigenvalue weighted by Gasteiger charge is -2.09. The predicted molar refractivity (Wildman–Crippen MR) is 95.3 cm³/mol. The van der Waals surface area contributed by atoms with Crippen molar-refractivity contribution in [2.24, 2.45) is 0 Å². The molecular weight excluding hydrogens is 365 g/mol. The van der Waals surface area contributed by atoms with Gasteiger partial charge >= 0.3 is 0 Å². The minimum atomic E-state index is -1.55. The van der Waals surface area contributed by atoms with Crippen molar-refractivity contribution in [2.75, 3.05) is 17.2 Å². The van der Waals surface area contributed by atoms with Gasteiger partial charge in [-0.2, -0.15) is 4.98 Å². The molecule has 2 aromatic carbocycles. The Kier molecular flexibility index (Phi) is 5.58. The molecule has 0 saturated carbocycles. The smallest absolute Gasteiger partial charge is 0.229 e. The number of halogens is 4. The Labute approximate surface area is 153 Å². The molecule has 8 heteroatoms. The third kappa shape index (κ3) is 4.43. The van der Waals surface area contributed by atoms with Crippen LogP contribution in [-0.4, -0.2) is 16.5 Å². The normalized spacial score (nSPS) is 10.6. The lowest BCUT2D eigenvalue weighted by molar-refractivity contribution is 0.449. The van der Waals surface area contributed by atoms with Gasteiger partial charge in [0.25, 0.3) is 0 Å². The summed E-state index contributed by atoms with van der Waals surface area (Å²) in [6.07, 6.45) is 2.22. The molecule has 0 aliphatic rings. The molecule has 0 aliphatic carbocycles. The molecule has 0 saturated heterocycles. The molecule has 1 aromatic heterocycles. The maximum Gasteiger partial charge on any atom is 0.229 e. The molecular formula is C18H14ClF3N4. The molecule has 0 bridgehead atoms. The van der Waals surface area contributed by atoms with Gasteiger partial charge in [0, 0.05) is 17.8 Å². The second kappa shape index (κ2) is 8.05. The number of hydrogen-bond acceptors (Lipinski definition) is 4. The maximum absolute atomic E-state index is 13.7. The number of rotatable bonds is 6. The minimum Gasteiger partial charge on any atom is -0.370 e. The molecule has 0 unspecified atom stereocenters. The summed E-state index contributed by atoms with van der Waals surface area (Å²) in [6, 6.07) is 11.1. The Morgan fingerprint density at radius 2 is 1.69 bits per heavy atom. The van der Waals surface area contributed by atoms with Crippen molar-refractivity contribution in [1.29, 1.82) is 0 Å². The number of hydrogen-bond donors (Lipinski definition) is 2. The van der Waals surface area contributed by atoms with Gasteiger partial charge in [0.05, 0.1) is 5.69 Å². The highest BCUT2D eigenvalue weighted by Gasteiger charge is 2.14. The van der Waals surface area contributed by atoms with Gasteiger partial charge in [-0.05, 0) is 42.3 Å². The topological polar surface area (TPSA) is 49.8 Å². The van der Waals surface area contributed by atoms with Crippen LogP contribution in [0.5, 0.6) is 0 Å². The third-order valence-corrected chi connectivity index (χ3v) is 3.82. The SMILES string of the molecule is Fc1ccc(Nc2nccc(NCCc3ccc(Cl)cc3)n2)c(F)c1F. The van der Waals surface area contributed by atoms with Gasteiger partial charge in [0.2, 0.25) is 5.95 Å². The molecule has 134 valence electrons. The Balaban J connectivity index is 1.63. The lowest BCUT2D eigenvalue weighted by Crippen LogP contribution is -2.08. The second-order valence-electron chi connectivity index (χ2n) is 5.42. The van der Waals surface area contributed by atoms with Gasteiger partial charge in [0.1, 0.15) is 5.82 Å². The summed E-state index contributed by atoms with van der Waals surface area (Å²) in [5.74, 6) is -3.56. The second-order valence-corrected chi connectivity index (χ2v) is 5.85. The standard InChI is InChI=1S/C18H14ClF3N4/c19-12-3-1-11(2-4-12)7-9-23-15-8-10-24-18(26-15)25-14-6-5-13(20)16(21)17(14)22/h1-6,8,10H,7,9H2,(H2,23,24,25,26). The highest BCUT2D eigenvalue weighted by Crippen LogP contribution is 2.22. The summed E-state index contributed by atoms with van der Waals surface area (Å²) < 4.78 is 40.0. The van der Waals surface area contributed by atoms with Gasteiger partial charge in [0.15, 0.2) is 17.5 Å². The van der Waals surface area contributed by atoms with Gasteiger partial charge in [-0.25, -0.2) is 18.2 Å². The summed E-state index contributed by atoms with van der Waals surface area (Å²) in [5.41, 5.74) is 0.861. The van der Waals surface area contributed by atoms with Crippen molar-refractivity contribution in [3.63, 3.8) is 0 Å². The van der Waals surface area contributed by atoms with E-state index in [1.54, 1.807) is 6.07 Å². The lowest BCUT2D eigenvalue weighted by atomic mass is 10.1. The van der Waals surface area contributed by atoms with E-state index in [2.05, 4.69) is 20.6 Å². The molecule has 0 spiro atoms. The molecule has 0 fully saturated rings. The maximum atomic E-state index is 13.7. The van der Waals surface area contributed by atoms with Crippen LogP contribution >= 0.6 is 11.6 Å². The van der Waals surface area contributed by atoms with Crippen molar-refractivity contribution in [3.8, 4) is 0 Å². The average Bonchev–Trinajstić information content (AvgIpc) is 2.64. The van der Waals surface area contributed by atoms with E-state index in [0.717, 1.165) is 24.1 Å². The van der Waals surface area contributed by atoms with E-state index in [9.17, 15) is 13.2 Å². The summed E-state index contributed by atoms with van der Waals surface area (Å²) in [5, 5.41) is 6.33. The first-order valence-electron chi connectivity index (χ1n) is 7.75. The third-order valence-electron chi connectivity index (χ3n) is 3.57. The zero-order chi connectivity index (χ0) is 18.5. The number of nitrogens with zero attached hydrogens (tertiary/aromatic N) is 2. The van der Waals surface area contributed by atoms with E-state index in [-0.39, 0.29) is 11.6 Å². The summed E-state index contributed by atoms with van der Waals surface area (Å²) in [4.78, 5) is 8.11. The van der Waals surface area contributed by atoms with Gasteiger partial charge in [-0.3, -0.25) is 0 Å². The van der Waals surface area contributed by atoms with Crippen LogP contribution in [0.3, 0.4) is 0 Å². The van der Waals surface area contributed by atoms with E-state index in [1.165, 1.54) is 6.20 Å². The molecule has 3 rings (SSSR count). The van der Waals surface area contributed by atoms with E-state index in [1.807, 2.05) is 24.3 Å². The summed E-state index contributed by atoms with van der Waals surface area (Å²) >= 11 is 5.84. The fourth-order valence-electron chi connectivity index (χ4n) is 2.25. The molecule has 2 N–H and O–H groups in total. The molecule has 3 aromatic rings. The van der Waals surface area contributed by atoms with Crippen LogP contribution in [0.2, 0.25) is 5.02 Å². The first-order valence-corrected chi connectivity index (χ1v) is 8.12. The zero-order valence-electron chi connectivity index (χ0n) is 13.4. The monoisotopic (exact) mass is 378 g/mol. The summed E-state index contributed by atoms with van der Waals surface area (Å²) in [6.45, 7) is 0.609. The minimum absolute atomic E-state index is 0.0615. The van der Waals surface area contributed by atoms with Crippen LogP contribution in [0.4, 0.5) is 30.6 Å². The van der Waals surface area contributed by atoms with E-state index in [0.29, 0.717) is 17.4 Å². The van der Waals surface area contributed by atoms with E-state index >= 15 is 0 Å². The summed E-state index contributed by atoms with van der Waals surface area (Å²) in [7, 11) is 0. The largest absolute Gasteiger partial charge is 0.370 e. The quantitative estimate of drug-likeness (QED) is 0.596. The fraction of sp³-hybridized carbons (Fsp3) is 0.111. The molecule has 0 aliphatic heterocycles. The van der Waals surface area contributed by atoms with Gasteiger partial charge in [-0.15, -0.1) is 0 Å². The highest BCUT2D eigenvalue weighted by molar-refractivity contribution is 6.30. The van der Waals surface area contributed by atoms with Crippen molar-refractivity contribution in [2.45, 2.75) is 6.42 Å². The van der Waals surface area contributed by atoms with E-state index in [4.69, 9.17) is 11.6 Å². The Morgan fingerprint density at radius 3 is 2.46 bits per heavy atom. The van der Waals surface area contributed by atoms with Crippen LogP contribution in [0.1, 0.15) is 5.56 Å². The molecule has 0 amide bonds.